The molecule has 0 saturated heterocycles. The predicted octanol–water partition coefficient (Wildman–Crippen LogP) is 5.55. The van der Waals surface area contributed by atoms with Crippen LogP contribution in [0, 0.1) is 0 Å². The SMILES string of the molecule is CCC(OC(=O)c1ccccc1-c1nc2ccccc2s1)C(=O)Nc1cc(OC)cc(OC)c1. The molecule has 1 unspecified atom stereocenters. The molecule has 0 aliphatic heterocycles. The summed E-state index contributed by atoms with van der Waals surface area (Å²) in [5.41, 5.74) is 2.37. The molecule has 1 heterocycles. The summed E-state index contributed by atoms with van der Waals surface area (Å²) in [4.78, 5) is 30.7. The highest BCUT2D eigenvalue weighted by Gasteiger charge is 2.25. The Morgan fingerprint density at radius 1 is 0.971 bits per heavy atom. The van der Waals surface area contributed by atoms with Gasteiger partial charge < -0.3 is 19.5 Å². The third-order valence-corrected chi connectivity index (χ3v) is 6.27. The topological polar surface area (TPSA) is 86.8 Å². The molecule has 1 N–H and O–H groups in total. The van der Waals surface area contributed by atoms with E-state index < -0.39 is 18.0 Å². The fraction of sp³-hybridized carbons (Fsp3) is 0.192. The monoisotopic (exact) mass is 476 g/mol. The molecule has 8 heteroatoms. The van der Waals surface area contributed by atoms with Gasteiger partial charge in [-0.05, 0) is 24.6 Å². The van der Waals surface area contributed by atoms with Crippen molar-refractivity contribution in [3.05, 3.63) is 72.3 Å². The first-order valence-electron chi connectivity index (χ1n) is 10.7. The number of rotatable bonds is 8. The highest BCUT2D eigenvalue weighted by Crippen LogP contribution is 2.32. The summed E-state index contributed by atoms with van der Waals surface area (Å²) in [5.74, 6) is 0.0395. The van der Waals surface area contributed by atoms with E-state index in [1.54, 1.807) is 37.3 Å². The minimum absolute atomic E-state index is 0.308. The third-order valence-electron chi connectivity index (χ3n) is 5.20. The zero-order valence-corrected chi connectivity index (χ0v) is 19.8. The minimum Gasteiger partial charge on any atom is -0.497 e. The molecule has 1 atom stereocenters. The van der Waals surface area contributed by atoms with E-state index in [0.717, 1.165) is 15.2 Å². The molecular weight excluding hydrogens is 452 g/mol. The van der Waals surface area contributed by atoms with Crippen LogP contribution in [-0.4, -0.2) is 37.2 Å². The first-order valence-corrected chi connectivity index (χ1v) is 11.5. The van der Waals surface area contributed by atoms with Crippen LogP contribution in [0.1, 0.15) is 23.7 Å². The van der Waals surface area contributed by atoms with E-state index >= 15 is 0 Å². The summed E-state index contributed by atoms with van der Waals surface area (Å²) in [5, 5.41) is 3.49. The van der Waals surface area contributed by atoms with Crippen molar-refractivity contribution in [3.63, 3.8) is 0 Å². The number of methoxy groups -OCH3 is 2. The quantitative estimate of drug-likeness (QED) is 0.335. The van der Waals surface area contributed by atoms with Gasteiger partial charge in [0.1, 0.15) is 16.5 Å². The zero-order chi connectivity index (χ0) is 24.1. The first-order chi connectivity index (χ1) is 16.5. The molecule has 7 nitrogen and oxygen atoms in total. The lowest BCUT2D eigenvalue weighted by atomic mass is 10.1. The average Bonchev–Trinajstić information content (AvgIpc) is 3.31. The normalized spacial score (nSPS) is 11.6. The van der Waals surface area contributed by atoms with Crippen molar-refractivity contribution >= 4 is 39.1 Å². The van der Waals surface area contributed by atoms with Crippen molar-refractivity contribution in [2.75, 3.05) is 19.5 Å². The fourth-order valence-electron chi connectivity index (χ4n) is 3.45. The van der Waals surface area contributed by atoms with Crippen LogP contribution in [0.4, 0.5) is 5.69 Å². The number of esters is 1. The highest BCUT2D eigenvalue weighted by atomic mass is 32.1. The number of nitrogens with zero attached hydrogens (tertiary/aromatic N) is 1. The molecule has 0 saturated carbocycles. The number of hydrogen-bond donors (Lipinski definition) is 1. The lowest BCUT2D eigenvalue weighted by Gasteiger charge is -2.17. The molecule has 1 aromatic heterocycles. The average molecular weight is 477 g/mol. The van der Waals surface area contributed by atoms with Gasteiger partial charge in [0.05, 0.1) is 30.0 Å². The van der Waals surface area contributed by atoms with Crippen LogP contribution in [-0.2, 0) is 9.53 Å². The van der Waals surface area contributed by atoms with Gasteiger partial charge in [-0.15, -0.1) is 11.3 Å². The Kier molecular flexibility index (Phi) is 7.08. The molecule has 0 bridgehead atoms. The Morgan fingerprint density at radius 3 is 2.32 bits per heavy atom. The molecule has 34 heavy (non-hydrogen) atoms. The Labute approximate surface area is 201 Å². The van der Waals surface area contributed by atoms with E-state index in [1.165, 1.54) is 25.6 Å². The largest absolute Gasteiger partial charge is 0.497 e. The van der Waals surface area contributed by atoms with Gasteiger partial charge in [0.2, 0.25) is 0 Å². The number of amides is 1. The smallest absolute Gasteiger partial charge is 0.339 e. The third kappa shape index (κ3) is 5.02. The highest BCUT2D eigenvalue weighted by molar-refractivity contribution is 7.21. The maximum Gasteiger partial charge on any atom is 0.339 e. The molecule has 4 aromatic rings. The number of nitrogens with one attached hydrogen (secondary N) is 1. The van der Waals surface area contributed by atoms with E-state index in [2.05, 4.69) is 10.3 Å². The van der Waals surface area contributed by atoms with E-state index in [0.29, 0.717) is 34.7 Å². The number of carbonyl (C=O) groups excluding carboxylic acids is 2. The number of hydrogen-bond acceptors (Lipinski definition) is 7. The summed E-state index contributed by atoms with van der Waals surface area (Å²) in [7, 11) is 3.06. The van der Waals surface area contributed by atoms with Crippen LogP contribution >= 0.6 is 11.3 Å². The predicted molar refractivity (Wildman–Crippen MR) is 133 cm³/mol. The number of thiazole rings is 1. The standard InChI is InChI=1S/C26H24N2O5S/c1-4-22(24(29)27-16-13-17(31-2)15-18(14-16)32-3)33-26(30)20-10-6-5-9-19(20)25-28-21-11-7-8-12-23(21)34-25/h5-15,22H,4H2,1-3H3,(H,27,29). The number of aromatic nitrogens is 1. The molecule has 0 aliphatic rings. The summed E-state index contributed by atoms with van der Waals surface area (Å²) in [6, 6.07) is 19.9. The van der Waals surface area contributed by atoms with Gasteiger partial charge in [-0.1, -0.05) is 37.3 Å². The van der Waals surface area contributed by atoms with Crippen molar-refractivity contribution in [2.24, 2.45) is 0 Å². The number of ether oxygens (including phenoxy) is 3. The van der Waals surface area contributed by atoms with Gasteiger partial charge in [-0.3, -0.25) is 4.79 Å². The Bertz CT molecular complexity index is 1280. The molecule has 0 aliphatic carbocycles. The van der Waals surface area contributed by atoms with Gasteiger partial charge in [0.15, 0.2) is 6.10 Å². The molecule has 1 amide bonds. The van der Waals surface area contributed by atoms with Gasteiger partial charge in [-0.25, -0.2) is 9.78 Å². The van der Waals surface area contributed by atoms with Crippen LogP contribution in [0.2, 0.25) is 0 Å². The molecule has 3 aromatic carbocycles. The molecule has 0 spiro atoms. The summed E-state index contributed by atoms with van der Waals surface area (Å²) < 4.78 is 17.1. The van der Waals surface area contributed by atoms with Gasteiger partial charge >= 0.3 is 5.97 Å². The Hall–Kier alpha value is -3.91. The Balaban J connectivity index is 1.54. The van der Waals surface area contributed by atoms with E-state index in [-0.39, 0.29) is 0 Å². The van der Waals surface area contributed by atoms with E-state index in [4.69, 9.17) is 14.2 Å². The number of para-hydroxylation sites is 1. The maximum atomic E-state index is 13.1. The van der Waals surface area contributed by atoms with Crippen molar-refractivity contribution < 1.29 is 23.8 Å². The number of benzene rings is 3. The summed E-state index contributed by atoms with van der Waals surface area (Å²) >= 11 is 1.50. The van der Waals surface area contributed by atoms with Crippen LogP contribution in [0.15, 0.2) is 66.7 Å². The molecule has 0 radical (unpaired) electrons. The zero-order valence-electron chi connectivity index (χ0n) is 19.0. The maximum absolute atomic E-state index is 13.1. The van der Waals surface area contributed by atoms with Gasteiger partial charge in [0.25, 0.3) is 5.91 Å². The van der Waals surface area contributed by atoms with Crippen molar-refractivity contribution in [3.8, 4) is 22.1 Å². The second-order valence-corrected chi connectivity index (χ2v) is 8.46. The van der Waals surface area contributed by atoms with Gasteiger partial charge in [-0.2, -0.15) is 0 Å². The van der Waals surface area contributed by atoms with Crippen molar-refractivity contribution in [1.82, 2.24) is 4.98 Å². The molecule has 174 valence electrons. The van der Waals surface area contributed by atoms with Crippen LogP contribution in [0.25, 0.3) is 20.8 Å². The number of carbonyl (C=O) groups is 2. The molecular formula is C26H24N2O5S. The van der Waals surface area contributed by atoms with Crippen LogP contribution in [0.3, 0.4) is 0 Å². The number of fused-ring (bicyclic) bond motifs is 1. The van der Waals surface area contributed by atoms with Gasteiger partial charge in [0, 0.05) is 29.4 Å². The lowest BCUT2D eigenvalue weighted by Crippen LogP contribution is -2.32. The molecule has 0 fully saturated rings. The summed E-state index contributed by atoms with van der Waals surface area (Å²) in [6.07, 6.45) is -0.671. The lowest BCUT2D eigenvalue weighted by molar-refractivity contribution is -0.124. The minimum atomic E-state index is -0.979. The first kappa shape index (κ1) is 23.3. The second kappa shape index (κ2) is 10.4. The van der Waals surface area contributed by atoms with Crippen molar-refractivity contribution in [2.45, 2.75) is 19.4 Å². The number of anilines is 1. The second-order valence-electron chi connectivity index (χ2n) is 7.43. The Morgan fingerprint density at radius 2 is 1.65 bits per heavy atom. The van der Waals surface area contributed by atoms with E-state index in [1.807, 2.05) is 36.4 Å². The van der Waals surface area contributed by atoms with Crippen LogP contribution < -0.4 is 14.8 Å². The summed E-state index contributed by atoms with van der Waals surface area (Å²) in [6.45, 7) is 1.78. The van der Waals surface area contributed by atoms with Crippen LogP contribution in [0.5, 0.6) is 11.5 Å². The van der Waals surface area contributed by atoms with E-state index in [9.17, 15) is 9.59 Å². The fourth-order valence-corrected chi connectivity index (χ4v) is 4.46. The molecule has 4 rings (SSSR count). The van der Waals surface area contributed by atoms with Crippen molar-refractivity contribution in [1.29, 1.82) is 0 Å².